The van der Waals surface area contributed by atoms with Crippen LogP contribution in [0.1, 0.15) is 42.8 Å². The molecule has 7 nitrogen and oxygen atoms in total. The normalized spacial score (nSPS) is 18.3. The lowest BCUT2D eigenvalue weighted by Crippen LogP contribution is -2.41. The van der Waals surface area contributed by atoms with Crippen molar-refractivity contribution in [1.29, 1.82) is 0 Å². The molecule has 2 aromatic heterocycles. The lowest BCUT2D eigenvalue weighted by Gasteiger charge is -2.34. The summed E-state index contributed by atoms with van der Waals surface area (Å²) in [6.07, 6.45) is 1.87. The Kier molecular flexibility index (Phi) is 5.53. The van der Waals surface area contributed by atoms with Crippen LogP contribution in [0.4, 0.5) is 8.78 Å². The standard InChI is InChI=1S/C26H28F2N6O/c1-15(16-9-17(27)11-18(28)10-16)35-20-3-4-22-21(12-20)25(32-31-22)26-29-23-13-34(14-24(23)30-26)19-5-7-33(2)8-6-19/h3-4,9-12,15,19H,5-8,13-14H2,1-2H3,(H,29,30)(H,31,32). The molecule has 35 heavy (non-hydrogen) atoms. The highest BCUT2D eigenvalue weighted by atomic mass is 19.1. The molecule has 2 aliphatic rings. The van der Waals surface area contributed by atoms with Gasteiger partial charge in [0.2, 0.25) is 0 Å². The predicted molar refractivity (Wildman–Crippen MR) is 129 cm³/mol. The first-order valence-electron chi connectivity index (χ1n) is 12.0. The second kappa shape index (κ2) is 8.73. The number of benzene rings is 2. The summed E-state index contributed by atoms with van der Waals surface area (Å²) in [5, 5.41) is 8.44. The first-order valence-corrected chi connectivity index (χ1v) is 12.0. The number of hydrogen-bond donors (Lipinski definition) is 2. The van der Waals surface area contributed by atoms with E-state index in [2.05, 4.69) is 32.0 Å². The number of hydrogen-bond acceptors (Lipinski definition) is 5. The molecule has 0 aliphatic carbocycles. The summed E-state index contributed by atoms with van der Waals surface area (Å²) in [7, 11) is 2.18. The fourth-order valence-corrected chi connectivity index (χ4v) is 5.22. The summed E-state index contributed by atoms with van der Waals surface area (Å²) < 4.78 is 33.3. The van der Waals surface area contributed by atoms with Gasteiger partial charge in [0.15, 0.2) is 5.82 Å². The smallest absolute Gasteiger partial charge is 0.159 e. The number of aromatic nitrogens is 4. The van der Waals surface area contributed by atoms with Gasteiger partial charge >= 0.3 is 0 Å². The van der Waals surface area contributed by atoms with Crippen molar-refractivity contribution in [1.82, 2.24) is 30.0 Å². The molecule has 0 saturated carbocycles. The maximum atomic E-state index is 13.6. The topological polar surface area (TPSA) is 73.1 Å². The van der Waals surface area contributed by atoms with E-state index in [-0.39, 0.29) is 0 Å². The average molecular weight is 479 g/mol. The van der Waals surface area contributed by atoms with E-state index in [0.717, 1.165) is 66.1 Å². The number of aromatic amines is 2. The highest BCUT2D eigenvalue weighted by molar-refractivity contribution is 5.92. The Morgan fingerprint density at radius 1 is 1.06 bits per heavy atom. The van der Waals surface area contributed by atoms with Crippen LogP contribution in [0.25, 0.3) is 22.4 Å². The third kappa shape index (κ3) is 4.30. The molecule has 9 heteroatoms. The van der Waals surface area contributed by atoms with Gasteiger partial charge < -0.3 is 14.6 Å². The monoisotopic (exact) mass is 478 g/mol. The molecule has 6 rings (SSSR count). The minimum Gasteiger partial charge on any atom is -0.486 e. The predicted octanol–water partition coefficient (Wildman–Crippen LogP) is 4.78. The highest BCUT2D eigenvalue weighted by Crippen LogP contribution is 2.33. The molecule has 1 saturated heterocycles. The molecule has 2 N–H and O–H groups in total. The van der Waals surface area contributed by atoms with E-state index in [1.807, 2.05) is 18.2 Å². The number of piperidine rings is 1. The minimum atomic E-state index is -0.622. The molecular formula is C26H28F2N6O. The lowest BCUT2D eigenvalue weighted by molar-refractivity contribution is 0.118. The molecule has 2 aromatic carbocycles. The summed E-state index contributed by atoms with van der Waals surface area (Å²) in [6, 6.07) is 9.63. The van der Waals surface area contributed by atoms with Gasteiger partial charge in [-0.15, -0.1) is 0 Å². The number of imidazole rings is 1. The molecule has 4 heterocycles. The van der Waals surface area contributed by atoms with E-state index >= 15 is 0 Å². The molecule has 2 aliphatic heterocycles. The van der Waals surface area contributed by atoms with Crippen molar-refractivity contribution in [3.05, 3.63) is 65.0 Å². The number of ether oxygens (including phenoxy) is 1. The summed E-state index contributed by atoms with van der Waals surface area (Å²) in [5.74, 6) is 0.0816. The number of halogens is 2. The van der Waals surface area contributed by atoms with E-state index in [4.69, 9.17) is 9.72 Å². The molecule has 1 fully saturated rings. The van der Waals surface area contributed by atoms with Crippen LogP contribution in [0.5, 0.6) is 5.75 Å². The van der Waals surface area contributed by atoms with E-state index in [9.17, 15) is 8.78 Å². The van der Waals surface area contributed by atoms with E-state index in [0.29, 0.717) is 17.4 Å². The molecule has 1 atom stereocenters. The Bertz CT molecular complexity index is 1330. The van der Waals surface area contributed by atoms with Gasteiger partial charge in [0.25, 0.3) is 0 Å². The molecule has 0 spiro atoms. The number of rotatable bonds is 5. The number of likely N-dealkylation sites (tertiary alicyclic amines) is 1. The van der Waals surface area contributed by atoms with Crippen LogP contribution in [-0.2, 0) is 13.1 Å². The second-order valence-corrected chi connectivity index (χ2v) is 9.69. The van der Waals surface area contributed by atoms with Crippen molar-refractivity contribution in [2.45, 2.75) is 45.0 Å². The van der Waals surface area contributed by atoms with Crippen LogP contribution in [0.15, 0.2) is 36.4 Å². The Labute approximate surface area is 202 Å². The molecule has 0 bridgehead atoms. The minimum absolute atomic E-state index is 0.437. The summed E-state index contributed by atoms with van der Waals surface area (Å²) in [5.41, 5.74) is 4.27. The summed E-state index contributed by atoms with van der Waals surface area (Å²) >= 11 is 0. The van der Waals surface area contributed by atoms with E-state index < -0.39 is 17.7 Å². The summed E-state index contributed by atoms with van der Waals surface area (Å²) in [4.78, 5) is 13.3. The van der Waals surface area contributed by atoms with Crippen molar-refractivity contribution in [3.8, 4) is 17.3 Å². The van der Waals surface area contributed by atoms with Crippen LogP contribution < -0.4 is 4.74 Å². The first kappa shape index (κ1) is 22.2. The maximum absolute atomic E-state index is 13.6. The van der Waals surface area contributed by atoms with Gasteiger partial charge in [-0.05, 0) is 75.8 Å². The van der Waals surface area contributed by atoms with Gasteiger partial charge in [-0.2, -0.15) is 5.10 Å². The zero-order valence-electron chi connectivity index (χ0n) is 19.8. The molecule has 4 aromatic rings. The molecule has 0 radical (unpaired) electrons. The van der Waals surface area contributed by atoms with Crippen LogP contribution in [-0.4, -0.2) is 56.1 Å². The lowest BCUT2D eigenvalue weighted by atomic mass is 10.0. The van der Waals surface area contributed by atoms with Crippen LogP contribution in [0.2, 0.25) is 0 Å². The Morgan fingerprint density at radius 3 is 2.57 bits per heavy atom. The first-order chi connectivity index (χ1) is 16.9. The van der Waals surface area contributed by atoms with E-state index in [1.165, 1.54) is 25.0 Å². The van der Waals surface area contributed by atoms with Gasteiger partial charge in [0, 0.05) is 30.6 Å². The Hall–Kier alpha value is -3.30. The zero-order chi connectivity index (χ0) is 24.1. The molecule has 182 valence electrons. The average Bonchev–Trinajstić information content (AvgIpc) is 3.51. The number of nitrogens with one attached hydrogen (secondary N) is 2. The fraction of sp³-hybridized carbons (Fsp3) is 0.385. The third-order valence-corrected chi connectivity index (χ3v) is 7.21. The number of fused-ring (bicyclic) bond motifs is 2. The number of H-pyrrole nitrogens is 2. The van der Waals surface area contributed by atoms with Crippen molar-refractivity contribution in [2.75, 3.05) is 20.1 Å². The van der Waals surface area contributed by atoms with Crippen LogP contribution in [0.3, 0.4) is 0 Å². The summed E-state index contributed by atoms with van der Waals surface area (Å²) in [6.45, 7) is 5.80. The number of nitrogens with zero attached hydrogens (tertiary/aromatic N) is 4. The van der Waals surface area contributed by atoms with Gasteiger partial charge in [-0.1, -0.05) is 0 Å². The quantitative estimate of drug-likeness (QED) is 0.432. The third-order valence-electron chi connectivity index (χ3n) is 7.21. The van der Waals surface area contributed by atoms with E-state index in [1.54, 1.807) is 6.92 Å². The van der Waals surface area contributed by atoms with Crippen molar-refractivity contribution in [3.63, 3.8) is 0 Å². The van der Waals surface area contributed by atoms with Gasteiger partial charge in [0.05, 0.1) is 16.9 Å². The SMILES string of the molecule is CC(Oc1ccc2[nH]nc(-c3nc4c([nH]3)CN(C3CCN(C)CC3)C4)c2c1)c1cc(F)cc(F)c1. The fourth-order valence-electron chi connectivity index (χ4n) is 5.22. The van der Waals surface area contributed by atoms with Crippen molar-refractivity contribution < 1.29 is 13.5 Å². The maximum Gasteiger partial charge on any atom is 0.159 e. The molecular weight excluding hydrogens is 450 g/mol. The van der Waals surface area contributed by atoms with Gasteiger partial charge in [0.1, 0.15) is 29.2 Å². The zero-order valence-corrected chi connectivity index (χ0v) is 19.8. The highest BCUT2D eigenvalue weighted by Gasteiger charge is 2.31. The second-order valence-electron chi connectivity index (χ2n) is 9.69. The Morgan fingerprint density at radius 2 is 1.83 bits per heavy atom. The Balaban J connectivity index is 1.21. The van der Waals surface area contributed by atoms with Crippen molar-refractivity contribution >= 4 is 10.9 Å². The van der Waals surface area contributed by atoms with Crippen molar-refractivity contribution in [2.24, 2.45) is 0 Å². The van der Waals surface area contributed by atoms with Gasteiger partial charge in [-0.3, -0.25) is 10.00 Å². The van der Waals surface area contributed by atoms with Crippen LogP contribution >= 0.6 is 0 Å². The molecule has 1 unspecified atom stereocenters. The molecule has 0 amide bonds. The van der Waals surface area contributed by atoms with Gasteiger partial charge in [-0.25, -0.2) is 13.8 Å². The largest absolute Gasteiger partial charge is 0.486 e. The van der Waals surface area contributed by atoms with Crippen LogP contribution in [0, 0.1) is 11.6 Å².